The van der Waals surface area contributed by atoms with E-state index in [1.54, 1.807) is 38.2 Å². The highest BCUT2D eigenvalue weighted by molar-refractivity contribution is 8.01. The molecular weight excluding hydrogens is 584 g/mol. The molecule has 0 radical (unpaired) electrons. The standard InChI is InChI=1S/C29H29F6N3O3S/c1-26(2,27(39,17-38-19-36-18-37-38)21-11-13-23(14-12-21)29(33,34)35)42-24-15-40-25(41-16-24)6-4-3-5-20-7-9-22(10-8-20)28(30,31)32/h3-14,18-19,24-25,39H,15-17H2,1-2H3/b5-3+,6-4+. The fourth-order valence-corrected chi connectivity index (χ4v) is 5.92. The summed E-state index contributed by atoms with van der Waals surface area (Å²) in [6.07, 6.45) is -0.170. The third kappa shape index (κ3) is 7.82. The summed E-state index contributed by atoms with van der Waals surface area (Å²) in [5.74, 6) is 0. The van der Waals surface area contributed by atoms with Crippen LogP contribution in [0.3, 0.4) is 0 Å². The number of rotatable bonds is 9. The van der Waals surface area contributed by atoms with E-state index in [2.05, 4.69) is 10.1 Å². The second-order valence-corrected chi connectivity index (χ2v) is 12.1. The van der Waals surface area contributed by atoms with Gasteiger partial charge in [-0.25, -0.2) is 9.67 Å². The van der Waals surface area contributed by atoms with Gasteiger partial charge in [0, 0.05) is 4.75 Å². The van der Waals surface area contributed by atoms with Crippen LogP contribution in [0.15, 0.2) is 79.4 Å². The fraction of sp³-hybridized carbons (Fsp3) is 0.379. The monoisotopic (exact) mass is 613 g/mol. The van der Waals surface area contributed by atoms with E-state index in [1.165, 1.54) is 53.4 Å². The zero-order valence-electron chi connectivity index (χ0n) is 22.6. The number of hydrogen-bond acceptors (Lipinski definition) is 6. The molecule has 1 aromatic heterocycles. The number of alkyl halides is 6. The number of nitrogens with zero attached hydrogens (tertiary/aromatic N) is 3. The maximum Gasteiger partial charge on any atom is 0.416 e. The van der Waals surface area contributed by atoms with Gasteiger partial charge in [0.25, 0.3) is 0 Å². The Morgan fingerprint density at radius 3 is 1.95 bits per heavy atom. The number of halogens is 6. The zero-order chi connectivity index (χ0) is 30.6. The van der Waals surface area contributed by atoms with Crippen LogP contribution in [0.4, 0.5) is 26.3 Å². The van der Waals surface area contributed by atoms with Crippen molar-refractivity contribution < 1.29 is 40.9 Å². The van der Waals surface area contributed by atoms with E-state index in [-0.39, 0.29) is 25.0 Å². The lowest BCUT2D eigenvalue weighted by molar-refractivity contribution is -0.146. The molecule has 4 rings (SSSR count). The number of thioether (sulfide) groups is 1. The first-order chi connectivity index (χ1) is 19.7. The number of allylic oxidation sites excluding steroid dienone is 2. The average Bonchev–Trinajstić information content (AvgIpc) is 3.44. The van der Waals surface area contributed by atoms with E-state index in [0.717, 1.165) is 24.3 Å². The Balaban J connectivity index is 1.38. The molecule has 226 valence electrons. The van der Waals surface area contributed by atoms with Gasteiger partial charge in [-0.15, -0.1) is 11.8 Å². The molecule has 0 spiro atoms. The second-order valence-electron chi connectivity index (χ2n) is 10.2. The van der Waals surface area contributed by atoms with Crippen molar-refractivity contribution >= 4 is 17.8 Å². The summed E-state index contributed by atoms with van der Waals surface area (Å²) >= 11 is 1.38. The third-order valence-electron chi connectivity index (χ3n) is 6.80. The van der Waals surface area contributed by atoms with Crippen molar-refractivity contribution in [3.8, 4) is 0 Å². The van der Waals surface area contributed by atoms with Gasteiger partial charge in [0.15, 0.2) is 6.29 Å². The molecule has 2 aromatic carbocycles. The molecule has 42 heavy (non-hydrogen) atoms. The lowest BCUT2D eigenvalue weighted by Crippen LogP contribution is -2.50. The van der Waals surface area contributed by atoms with Crippen molar-refractivity contribution in [2.45, 2.75) is 54.6 Å². The molecule has 1 fully saturated rings. The van der Waals surface area contributed by atoms with E-state index in [0.29, 0.717) is 11.1 Å². The van der Waals surface area contributed by atoms with Crippen molar-refractivity contribution in [3.63, 3.8) is 0 Å². The highest BCUT2D eigenvalue weighted by atomic mass is 32.2. The molecule has 1 unspecified atom stereocenters. The van der Waals surface area contributed by atoms with Gasteiger partial charge in [-0.1, -0.05) is 42.5 Å². The summed E-state index contributed by atoms with van der Waals surface area (Å²) in [5.41, 5.74) is -2.28. The molecule has 13 heteroatoms. The SMILES string of the molecule is CC(C)(SC1COC(/C=C/C=C/c2ccc(C(F)(F)F)cc2)OC1)C(O)(Cn1cncn1)c1ccc(C(F)(F)F)cc1. The molecule has 1 aliphatic rings. The smallest absolute Gasteiger partial charge is 0.382 e. The Bertz CT molecular complexity index is 1350. The largest absolute Gasteiger partial charge is 0.416 e. The van der Waals surface area contributed by atoms with Crippen LogP contribution in [0.2, 0.25) is 0 Å². The Kier molecular flexibility index (Phi) is 9.55. The van der Waals surface area contributed by atoms with Crippen LogP contribution in [0.25, 0.3) is 6.08 Å². The molecule has 2 heterocycles. The molecular formula is C29H29F6N3O3S. The maximum absolute atomic E-state index is 13.2. The minimum atomic E-state index is -4.51. The number of aliphatic hydroxyl groups is 1. The summed E-state index contributed by atoms with van der Waals surface area (Å²) < 4.78 is 89.7. The van der Waals surface area contributed by atoms with Gasteiger partial charge < -0.3 is 14.6 Å². The van der Waals surface area contributed by atoms with Crippen LogP contribution < -0.4 is 0 Å². The molecule has 0 aliphatic carbocycles. The summed E-state index contributed by atoms with van der Waals surface area (Å²) in [7, 11) is 0. The van der Waals surface area contributed by atoms with E-state index in [1.807, 2.05) is 0 Å². The quantitative estimate of drug-likeness (QED) is 0.213. The molecule has 1 atom stereocenters. The summed E-state index contributed by atoms with van der Waals surface area (Å²) in [5, 5.41) is 15.9. The maximum atomic E-state index is 13.2. The first kappa shape index (κ1) is 31.8. The van der Waals surface area contributed by atoms with Gasteiger partial charge in [0.05, 0.1) is 36.1 Å². The van der Waals surface area contributed by atoms with E-state index >= 15 is 0 Å². The van der Waals surface area contributed by atoms with Crippen molar-refractivity contribution in [2.75, 3.05) is 13.2 Å². The van der Waals surface area contributed by atoms with Crippen LogP contribution in [0.5, 0.6) is 0 Å². The molecule has 1 saturated heterocycles. The van der Waals surface area contributed by atoms with Crippen LogP contribution in [0, 0.1) is 0 Å². The lowest BCUT2D eigenvalue weighted by Gasteiger charge is -2.45. The molecule has 6 nitrogen and oxygen atoms in total. The topological polar surface area (TPSA) is 69.4 Å². The molecule has 3 aromatic rings. The Hall–Kier alpha value is -3.13. The minimum absolute atomic E-state index is 0.0522. The van der Waals surface area contributed by atoms with Crippen molar-refractivity contribution in [1.29, 1.82) is 0 Å². The number of hydrogen-bond donors (Lipinski definition) is 1. The second kappa shape index (κ2) is 12.6. The first-order valence-corrected chi connectivity index (χ1v) is 13.7. The molecule has 0 saturated carbocycles. The highest BCUT2D eigenvalue weighted by Gasteiger charge is 2.48. The van der Waals surface area contributed by atoms with Crippen molar-refractivity contribution in [2.24, 2.45) is 0 Å². The lowest BCUT2D eigenvalue weighted by atomic mass is 9.82. The normalized spacial score (nSPS) is 20.3. The zero-order valence-corrected chi connectivity index (χ0v) is 23.5. The molecule has 0 bridgehead atoms. The van der Waals surface area contributed by atoms with Crippen molar-refractivity contribution in [1.82, 2.24) is 14.8 Å². The molecule has 0 amide bonds. The summed E-state index contributed by atoms with van der Waals surface area (Å²) in [6.45, 7) is 4.09. The van der Waals surface area contributed by atoms with Gasteiger partial charge in [-0.05, 0) is 55.3 Å². The van der Waals surface area contributed by atoms with Crippen LogP contribution in [-0.2, 0) is 34.0 Å². The van der Waals surface area contributed by atoms with Gasteiger partial charge >= 0.3 is 12.4 Å². The minimum Gasteiger partial charge on any atom is -0.382 e. The van der Waals surface area contributed by atoms with E-state index in [4.69, 9.17) is 9.47 Å². The van der Waals surface area contributed by atoms with Crippen LogP contribution in [-0.4, -0.2) is 49.4 Å². The fourth-order valence-electron chi connectivity index (χ4n) is 4.41. The van der Waals surface area contributed by atoms with Gasteiger partial charge in [-0.3, -0.25) is 0 Å². The molecule has 1 aliphatic heterocycles. The van der Waals surface area contributed by atoms with Crippen molar-refractivity contribution in [3.05, 3.63) is 102 Å². The number of benzene rings is 2. The predicted octanol–water partition coefficient (Wildman–Crippen LogP) is 6.73. The first-order valence-electron chi connectivity index (χ1n) is 12.8. The van der Waals surface area contributed by atoms with Crippen LogP contribution >= 0.6 is 11.8 Å². The average molecular weight is 614 g/mol. The summed E-state index contributed by atoms with van der Waals surface area (Å²) in [4.78, 5) is 3.91. The Labute approximate surface area is 243 Å². The third-order valence-corrected chi connectivity index (χ3v) is 8.34. The Morgan fingerprint density at radius 1 is 0.881 bits per heavy atom. The number of aromatic nitrogens is 3. The van der Waals surface area contributed by atoms with Gasteiger partial charge in [-0.2, -0.15) is 31.4 Å². The molecule has 1 N–H and O–H groups in total. The Morgan fingerprint density at radius 2 is 1.43 bits per heavy atom. The summed E-state index contributed by atoms with van der Waals surface area (Å²) in [6, 6.07) is 9.21. The highest BCUT2D eigenvalue weighted by Crippen LogP contribution is 2.46. The van der Waals surface area contributed by atoms with Gasteiger partial charge in [0.1, 0.15) is 18.3 Å². The number of ether oxygens (including phenoxy) is 2. The van der Waals surface area contributed by atoms with Crippen LogP contribution in [0.1, 0.15) is 36.1 Å². The van der Waals surface area contributed by atoms with E-state index < -0.39 is 40.1 Å². The predicted molar refractivity (Wildman–Crippen MR) is 146 cm³/mol. The van der Waals surface area contributed by atoms with E-state index in [9.17, 15) is 31.4 Å². The van der Waals surface area contributed by atoms with Gasteiger partial charge in [0.2, 0.25) is 0 Å².